The van der Waals surface area contributed by atoms with E-state index in [-0.39, 0.29) is 0 Å². The van der Waals surface area contributed by atoms with Crippen molar-refractivity contribution in [2.75, 3.05) is 0 Å². The van der Waals surface area contributed by atoms with Crippen LogP contribution in [0.25, 0.3) is 98.4 Å². The number of hydrogen-bond donors (Lipinski definition) is 0. The van der Waals surface area contributed by atoms with Gasteiger partial charge in [0.25, 0.3) is 0 Å². The molecule has 0 aliphatic heterocycles. The van der Waals surface area contributed by atoms with Crippen LogP contribution in [0.5, 0.6) is 0 Å². The van der Waals surface area contributed by atoms with Crippen molar-refractivity contribution in [3.05, 3.63) is 182 Å². The van der Waals surface area contributed by atoms with Crippen LogP contribution in [0.2, 0.25) is 0 Å². The van der Waals surface area contributed by atoms with E-state index < -0.39 is 0 Å². The first-order valence-electron chi connectivity index (χ1n) is 17.3. The molecule has 0 radical (unpaired) electrons. The van der Waals surface area contributed by atoms with Gasteiger partial charge in [0.2, 0.25) is 0 Å². The molecule has 9 aromatic carbocycles. The fraction of sp³-hybridized carbons (Fsp3) is 0. The fourth-order valence-corrected chi connectivity index (χ4v) is 8.46. The molecule has 0 aliphatic rings. The van der Waals surface area contributed by atoms with E-state index >= 15 is 0 Å². The number of hydrogen-bond acceptors (Lipinski definition) is 0. The molecule has 2 heteroatoms. The van der Waals surface area contributed by atoms with Gasteiger partial charge in [0.05, 0.1) is 27.8 Å². The Hall–Kier alpha value is -6.64. The van der Waals surface area contributed by atoms with Gasteiger partial charge in [-0.2, -0.15) is 0 Å². The van der Waals surface area contributed by atoms with E-state index in [1.807, 2.05) is 0 Å². The maximum absolute atomic E-state index is 2.48. The molecule has 11 aromatic rings. The molecule has 2 heterocycles. The van der Waals surface area contributed by atoms with Crippen LogP contribution >= 0.6 is 0 Å². The van der Waals surface area contributed by atoms with Crippen LogP contribution in [0.3, 0.4) is 0 Å². The summed E-state index contributed by atoms with van der Waals surface area (Å²) in [7, 11) is 0. The number of nitrogens with zero attached hydrogens (tertiary/aromatic N) is 2. The molecule has 11 rings (SSSR count). The van der Waals surface area contributed by atoms with Gasteiger partial charge in [0, 0.05) is 32.6 Å². The largest absolute Gasteiger partial charge is 0.309 e. The normalized spacial score (nSPS) is 12.0. The molecule has 0 saturated carbocycles. The van der Waals surface area contributed by atoms with Gasteiger partial charge in [-0.25, -0.2) is 0 Å². The highest BCUT2D eigenvalue weighted by Crippen LogP contribution is 2.42. The van der Waals surface area contributed by atoms with Gasteiger partial charge in [-0.1, -0.05) is 127 Å². The zero-order valence-electron chi connectivity index (χ0n) is 27.2. The summed E-state index contributed by atoms with van der Waals surface area (Å²) < 4.78 is 4.86. The Balaban J connectivity index is 1.13. The Kier molecular flexibility index (Phi) is 5.70. The van der Waals surface area contributed by atoms with Crippen LogP contribution in [0.15, 0.2) is 182 Å². The molecule has 232 valence electrons. The molecule has 0 saturated heterocycles. The third kappa shape index (κ3) is 3.85. The molecule has 0 atom stereocenters. The Morgan fingerprint density at radius 3 is 1.58 bits per heavy atom. The van der Waals surface area contributed by atoms with Crippen molar-refractivity contribution in [2.45, 2.75) is 0 Å². The first-order chi connectivity index (χ1) is 24.8. The van der Waals surface area contributed by atoms with Crippen molar-refractivity contribution in [2.24, 2.45) is 0 Å². The van der Waals surface area contributed by atoms with Crippen LogP contribution < -0.4 is 0 Å². The van der Waals surface area contributed by atoms with E-state index in [4.69, 9.17) is 0 Å². The molecule has 2 aromatic heterocycles. The van der Waals surface area contributed by atoms with Gasteiger partial charge in [0.15, 0.2) is 0 Å². The highest BCUT2D eigenvalue weighted by Gasteiger charge is 2.19. The van der Waals surface area contributed by atoms with Crippen LogP contribution in [0, 0.1) is 0 Å². The molecule has 0 unspecified atom stereocenters. The van der Waals surface area contributed by atoms with Gasteiger partial charge in [-0.15, -0.1) is 0 Å². The standard InChI is InChI=1S/C48H30N2/c1-2-14-36(15-3-1)49-43-19-9-8-18-40(43)41-30-34(24-26-44(41)49)33-21-25-37-35(29-33)13-10-20-42(37)50-45-27-22-31-11-4-6-16-38(31)47(45)48-39-17-7-5-12-32(39)23-28-46(48)50/h1-30H. The zero-order valence-corrected chi connectivity index (χ0v) is 27.2. The Morgan fingerprint density at radius 1 is 0.280 bits per heavy atom. The maximum Gasteiger partial charge on any atom is 0.0548 e. The van der Waals surface area contributed by atoms with Gasteiger partial charge in [-0.3, -0.25) is 0 Å². The van der Waals surface area contributed by atoms with Crippen LogP contribution in [0.1, 0.15) is 0 Å². The summed E-state index contributed by atoms with van der Waals surface area (Å²) in [5.41, 5.74) is 9.70. The predicted molar refractivity (Wildman–Crippen MR) is 213 cm³/mol. The lowest BCUT2D eigenvalue weighted by molar-refractivity contribution is 1.18. The monoisotopic (exact) mass is 634 g/mol. The Morgan fingerprint density at radius 2 is 0.840 bits per heavy atom. The van der Waals surface area contributed by atoms with Crippen LogP contribution in [-0.4, -0.2) is 9.13 Å². The Bertz CT molecular complexity index is 3050. The minimum absolute atomic E-state index is 1.18. The molecule has 0 N–H and O–H groups in total. The van der Waals surface area contributed by atoms with Gasteiger partial charge in [-0.05, 0) is 92.7 Å². The average molecular weight is 635 g/mol. The fourth-order valence-electron chi connectivity index (χ4n) is 8.46. The topological polar surface area (TPSA) is 9.86 Å². The van der Waals surface area contributed by atoms with Crippen molar-refractivity contribution < 1.29 is 0 Å². The summed E-state index contributed by atoms with van der Waals surface area (Å²) in [6.07, 6.45) is 0. The minimum Gasteiger partial charge on any atom is -0.309 e. The van der Waals surface area contributed by atoms with Gasteiger partial charge in [0.1, 0.15) is 0 Å². The number of benzene rings is 9. The van der Waals surface area contributed by atoms with Crippen LogP contribution in [-0.2, 0) is 0 Å². The third-order valence-corrected chi connectivity index (χ3v) is 10.7. The molecule has 0 spiro atoms. The molecule has 50 heavy (non-hydrogen) atoms. The quantitative estimate of drug-likeness (QED) is 0.183. The lowest BCUT2D eigenvalue weighted by Gasteiger charge is -2.13. The summed E-state index contributed by atoms with van der Waals surface area (Å²) in [4.78, 5) is 0. The maximum atomic E-state index is 2.48. The molecule has 2 nitrogen and oxygen atoms in total. The second-order valence-electron chi connectivity index (χ2n) is 13.3. The van der Waals surface area contributed by atoms with Gasteiger partial charge < -0.3 is 9.13 Å². The van der Waals surface area contributed by atoms with E-state index in [1.54, 1.807) is 0 Å². The lowest BCUT2D eigenvalue weighted by atomic mass is 9.98. The highest BCUT2D eigenvalue weighted by atomic mass is 15.0. The predicted octanol–water partition coefficient (Wildman–Crippen LogP) is 13.0. The van der Waals surface area contributed by atoms with Crippen molar-refractivity contribution in [3.63, 3.8) is 0 Å². The minimum atomic E-state index is 1.18. The van der Waals surface area contributed by atoms with Crippen molar-refractivity contribution in [1.82, 2.24) is 9.13 Å². The molecular weight excluding hydrogens is 605 g/mol. The molecular formula is C48H30N2. The molecule has 0 aliphatic carbocycles. The summed E-state index contributed by atoms with van der Waals surface area (Å²) in [5, 5.41) is 12.7. The number of aromatic nitrogens is 2. The number of para-hydroxylation sites is 2. The van der Waals surface area contributed by atoms with E-state index in [1.165, 1.54) is 98.4 Å². The van der Waals surface area contributed by atoms with E-state index in [0.29, 0.717) is 0 Å². The number of rotatable bonds is 3. The summed E-state index contributed by atoms with van der Waals surface area (Å²) in [6, 6.07) is 66.7. The SMILES string of the molecule is c1ccc(-n2c3ccccc3c3cc(-c4ccc5c(-n6c7ccc8ccccc8c7c7c8ccccc8ccc76)cccc5c4)ccc32)cc1. The summed E-state index contributed by atoms with van der Waals surface area (Å²) in [5.74, 6) is 0. The van der Waals surface area contributed by atoms with Crippen molar-refractivity contribution >= 4 is 75.9 Å². The van der Waals surface area contributed by atoms with E-state index in [0.717, 1.165) is 0 Å². The smallest absolute Gasteiger partial charge is 0.0548 e. The van der Waals surface area contributed by atoms with Crippen molar-refractivity contribution in [1.29, 1.82) is 0 Å². The highest BCUT2D eigenvalue weighted by molar-refractivity contribution is 6.28. The third-order valence-electron chi connectivity index (χ3n) is 10.7. The van der Waals surface area contributed by atoms with E-state index in [9.17, 15) is 0 Å². The average Bonchev–Trinajstić information content (AvgIpc) is 3.71. The first kappa shape index (κ1) is 27.3. The zero-order chi connectivity index (χ0) is 32.8. The summed E-state index contributed by atoms with van der Waals surface area (Å²) >= 11 is 0. The second kappa shape index (κ2) is 10.4. The molecule has 0 amide bonds. The lowest BCUT2D eigenvalue weighted by Crippen LogP contribution is -1.95. The van der Waals surface area contributed by atoms with Crippen LogP contribution in [0.4, 0.5) is 0 Å². The van der Waals surface area contributed by atoms with Crippen molar-refractivity contribution in [3.8, 4) is 22.5 Å². The Labute approximate surface area is 288 Å². The van der Waals surface area contributed by atoms with E-state index in [2.05, 4.69) is 191 Å². The summed E-state index contributed by atoms with van der Waals surface area (Å²) in [6.45, 7) is 0. The molecule has 0 fully saturated rings. The van der Waals surface area contributed by atoms with Gasteiger partial charge >= 0.3 is 0 Å². The first-order valence-corrected chi connectivity index (χ1v) is 17.3. The number of fused-ring (bicyclic) bond motifs is 11. The second-order valence-corrected chi connectivity index (χ2v) is 13.3. The molecule has 0 bridgehead atoms.